The van der Waals surface area contributed by atoms with Crippen molar-refractivity contribution >= 4 is 6.03 Å². The van der Waals surface area contributed by atoms with Crippen LogP contribution in [0, 0.1) is 11.2 Å². The van der Waals surface area contributed by atoms with Crippen LogP contribution in [0.15, 0.2) is 24.3 Å². The van der Waals surface area contributed by atoms with Gasteiger partial charge in [-0.05, 0) is 36.0 Å². The van der Waals surface area contributed by atoms with Crippen molar-refractivity contribution in [2.45, 2.75) is 32.3 Å². The Morgan fingerprint density at radius 2 is 2.32 bits per heavy atom. The standard InChI is InChI=1S/C17H23FN2O2/c1-17(6-3-7-17)12-19-16(21)20-8-9-22-15(11-20)13-4-2-5-14(18)10-13/h2,4-5,10,15H,3,6-9,11-12H2,1H3,(H,19,21). The molecule has 3 rings (SSSR count). The summed E-state index contributed by atoms with van der Waals surface area (Å²) in [5, 5.41) is 3.04. The van der Waals surface area contributed by atoms with Crippen LogP contribution in [0.1, 0.15) is 37.9 Å². The number of hydrogen-bond donors (Lipinski definition) is 1. The van der Waals surface area contributed by atoms with Gasteiger partial charge in [0.1, 0.15) is 11.9 Å². The molecule has 2 fully saturated rings. The van der Waals surface area contributed by atoms with Crippen molar-refractivity contribution < 1.29 is 13.9 Å². The van der Waals surface area contributed by atoms with Crippen molar-refractivity contribution in [2.24, 2.45) is 5.41 Å². The normalized spacial score (nSPS) is 23.7. The summed E-state index contributed by atoms with van der Waals surface area (Å²) in [6.07, 6.45) is 3.37. The van der Waals surface area contributed by atoms with E-state index in [0.29, 0.717) is 19.7 Å². The van der Waals surface area contributed by atoms with Gasteiger partial charge in [-0.15, -0.1) is 0 Å². The van der Waals surface area contributed by atoms with Gasteiger partial charge in [0.15, 0.2) is 0 Å². The number of morpholine rings is 1. The number of carbonyl (C=O) groups excluding carboxylic acids is 1. The number of urea groups is 1. The Morgan fingerprint density at radius 3 is 3.00 bits per heavy atom. The Bertz CT molecular complexity index is 545. The highest BCUT2D eigenvalue weighted by Gasteiger charge is 2.33. The average Bonchev–Trinajstić information content (AvgIpc) is 2.51. The van der Waals surface area contributed by atoms with Crippen molar-refractivity contribution in [2.75, 3.05) is 26.2 Å². The molecule has 1 aromatic carbocycles. The lowest BCUT2D eigenvalue weighted by Crippen LogP contribution is -2.50. The van der Waals surface area contributed by atoms with Crippen LogP contribution in [-0.4, -0.2) is 37.2 Å². The number of rotatable bonds is 3. The number of halogens is 1. The molecule has 1 saturated heterocycles. The highest BCUT2D eigenvalue weighted by molar-refractivity contribution is 5.74. The highest BCUT2D eigenvalue weighted by Crippen LogP contribution is 2.39. The fourth-order valence-electron chi connectivity index (χ4n) is 3.10. The zero-order valence-corrected chi connectivity index (χ0v) is 13.0. The molecule has 1 atom stereocenters. The van der Waals surface area contributed by atoms with Crippen molar-refractivity contribution in [3.05, 3.63) is 35.6 Å². The summed E-state index contributed by atoms with van der Waals surface area (Å²) in [5.41, 5.74) is 1.05. The van der Waals surface area contributed by atoms with Gasteiger partial charge in [0, 0.05) is 13.1 Å². The van der Waals surface area contributed by atoms with Crippen LogP contribution < -0.4 is 5.32 Å². The van der Waals surface area contributed by atoms with Crippen LogP contribution in [0.4, 0.5) is 9.18 Å². The Labute approximate surface area is 130 Å². The van der Waals surface area contributed by atoms with E-state index in [1.165, 1.54) is 31.4 Å². The van der Waals surface area contributed by atoms with Gasteiger partial charge >= 0.3 is 6.03 Å². The Balaban J connectivity index is 1.56. The fourth-order valence-corrected chi connectivity index (χ4v) is 3.10. The van der Waals surface area contributed by atoms with Crippen LogP contribution in [0.2, 0.25) is 0 Å². The number of amides is 2. The summed E-state index contributed by atoms with van der Waals surface area (Å²) >= 11 is 0. The summed E-state index contributed by atoms with van der Waals surface area (Å²) in [5.74, 6) is -0.277. The summed E-state index contributed by atoms with van der Waals surface area (Å²) in [6.45, 7) is 4.46. The molecular weight excluding hydrogens is 283 g/mol. The molecule has 2 amide bonds. The molecule has 2 aliphatic rings. The van der Waals surface area contributed by atoms with E-state index >= 15 is 0 Å². The number of nitrogens with zero attached hydrogens (tertiary/aromatic N) is 1. The molecule has 1 saturated carbocycles. The van der Waals surface area contributed by atoms with E-state index in [-0.39, 0.29) is 23.4 Å². The third-order valence-electron chi connectivity index (χ3n) is 4.80. The van der Waals surface area contributed by atoms with Crippen LogP contribution in [0.5, 0.6) is 0 Å². The summed E-state index contributed by atoms with van der Waals surface area (Å²) < 4.78 is 19.0. The van der Waals surface area contributed by atoms with E-state index in [0.717, 1.165) is 12.1 Å². The molecular formula is C17H23FN2O2. The topological polar surface area (TPSA) is 41.6 Å². The summed E-state index contributed by atoms with van der Waals surface area (Å²) in [7, 11) is 0. The number of ether oxygens (including phenoxy) is 1. The van der Waals surface area contributed by atoms with E-state index in [1.54, 1.807) is 11.0 Å². The van der Waals surface area contributed by atoms with E-state index in [4.69, 9.17) is 4.74 Å². The lowest BCUT2D eigenvalue weighted by molar-refractivity contribution is -0.0161. The summed E-state index contributed by atoms with van der Waals surface area (Å²) in [6, 6.07) is 6.35. The zero-order chi connectivity index (χ0) is 15.6. The Morgan fingerprint density at radius 1 is 1.50 bits per heavy atom. The maximum Gasteiger partial charge on any atom is 0.317 e. The van der Waals surface area contributed by atoms with Gasteiger partial charge in [-0.1, -0.05) is 25.5 Å². The molecule has 5 heteroatoms. The first-order valence-corrected chi connectivity index (χ1v) is 7.96. The highest BCUT2D eigenvalue weighted by atomic mass is 19.1. The predicted octanol–water partition coefficient (Wildman–Crippen LogP) is 3.10. The van der Waals surface area contributed by atoms with Gasteiger partial charge in [-0.3, -0.25) is 0 Å². The number of carbonyl (C=O) groups is 1. The molecule has 0 spiro atoms. The molecule has 22 heavy (non-hydrogen) atoms. The second-order valence-corrected chi connectivity index (χ2v) is 6.68. The van der Waals surface area contributed by atoms with Crippen molar-refractivity contribution in [1.82, 2.24) is 10.2 Å². The smallest absolute Gasteiger partial charge is 0.317 e. The SMILES string of the molecule is CC1(CNC(=O)N2CCOC(c3cccc(F)c3)C2)CCC1. The molecule has 1 heterocycles. The lowest BCUT2D eigenvalue weighted by Gasteiger charge is -2.39. The van der Waals surface area contributed by atoms with E-state index in [9.17, 15) is 9.18 Å². The lowest BCUT2D eigenvalue weighted by atomic mass is 9.70. The Kier molecular flexibility index (Phi) is 4.34. The minimum Gasteiger partial charge on any atom is -0.370 e. The minimum atomic E-state index is -0.277. The molecule has 0 radical (unpaired) electrons. The van der Waals surface area contributed by atoms with Crippen LogP contribution in [-0.2, 0) is 4.74 Å². The van der Waals surface area contributed by atoms with E-state index in [1.807, 2.05) is 6.07 Å². The van der Waals surface area contributed by atoms with E-state index < -0.39 is 0 Å². The van der Waals surface area contributed by atoms with Crippen LogP contribution in [0.3, 0.4) is 0 Å². The molecule has 120 valence electrons. The molecule has 4 nitrogen and oxygen atoms in total. The average molecular weight is 306 g/mol. The van der Waals surface area contributed by atoms with Crippen LogP contribution in [0.25, 0.3) is 0 Å². The summed E-state index contributed by atoms with van der Waals surface area (Å²) in [4.78, 5) is 14.1. The molecule has 1 N–H and O–H groups in total. The van der Waals surface area contributed by atoms with Crippen LogP contribution >= 0.6 is 0 Å². The third kappa shape index (κ3) is 3.40. The molecule has 1 aromatic rings. The first-order valence-electron chi connectivity index (χ1n) is 7.96. The van der Waals surface area contributed by atoms with Crippen molar-refractivity contribution in [3.8, 4) is 0 Å². The number of hydrogen-bond acceptors (Lipinski definition) is 2. The van der Waals surface area contributed by atoms with Crippen molar-refractivity contribution in [3.63, 3.8) is 0 Å². The second-order valence-electron chi connectivity index (χ2n) is 6.68. The number of nitrogens with one attached hydrogen (secondary N) is 1. The van der Waals surface area contributed by atoms with Gasteiger partial charge in [-0.2, -0.15) is 0 Å². The molecule has 1 aliphatic carbocycles. The van der Waals surface area contributed by atoms with E-state index in [2.05, 4.69) is 12.2 Å². The van der Waals surface area contributed by atoms with Gasteiger partial charge in [0.2, 0.25) is 0 Å². The monoisotopic (exact) mass is 306 g/mol. The zero-order valence-electron chi connectivity index (χ0n) is 13.0. The predicted molar refractivity (Wildman–Crippen MR) is 82.0 cm³/mol. The number of benzene rings is 1. The largest absolute Gasteiger partial charge is 0.370 e. The maximum atomic E-state index is 13.3. The second kappa shape index (κ2) is 6.24. The van der Waals surface area contributed by atoms with Gasteiger partial charge in [-0.25, -0.2) is 9.18 Å². The van der Waals surface area contributed by atoms with Gasteiger partial charge in [0.05, 0.1) is 13.2 Å². The Hall–Kier alpha value is -1.62. The molecule has 0 aromatic heterocycles. The first-order chi connectivity index (χ1) is 10.6. The third-order valence-corrected chi connectivity index (χ3v) is 4.80. The quantitative estimate of drug-likeness (QED) is 0.932. The maximum absolute atomic E-state index is 13.3. The first kappa shape index (κ1) is 15.3. The minimum absolute atomic E-state index is 0.0437. The van der Waals surface area contributed by atoms with Gasteiger partial charge < -0.3 is 15.0 Å². The molecule has 1 aliphatic heterocycles. The van der Waals surface area contributed by atoms with Gasteiger partial charge in [0.25, 0.3) is 0 Å². The molecule has 1 unspecified atom stereocenters. The van der Waals surface area contributed by atoms with Crippen molar-refractivity contribution in [1.29, 1.82) is 0 Å². The fraction of sp³-hybridized carbons (Fsp3) is 0.588. The molecule has 0 bridgehead atoms.